The van der Waals surface area contributed by atoms with E-state index in [0.717, 1.165) is 16.7 Å². The molecule has 0 saturated carbocycles. The summed E-state index contributed by atoms with van der Waals surface area (Å²) >= 11 is 0. The third-order valence-corrected chi connectivity index (χ3v) is 10.2. The zero-order valence-corrected chi connectivity index (χ0v) is 33.6. The third-order valence-electron chi connectivity index (χ3n) is 10.2. The summed E-state index contributed by atoms with van der Waals surface area (Å²) in [6, 6.07) is 45.5. The number of amides is 2. The number of aromatic nitrogens is 4. The van der Waals surface area contributed by atoms with Crippen molar-refractivity contribution in [3.63, 3.8) is 0 Å². The van der Waals surface area contributed by atoms with Crippen LogP contribution in [-0.2, 0) is 29.4 Å². The average molecular weight is 819 g/mol. The Morgan fingerprint density at radius 3 is 1.87 bits per heavy atom. The molecule has 0 unspecified atom stereocenters. The summed E-state index contributed by atoms with van der Waals surface area (Å²) in [6.07, 6.45) is -1.20. The highest BCUT2D eigenvalue weighted by Crippen LogP contribution is 2.43. The number of imidazole rings is 1. The monoisotopic (exact) mass is 818 g/mol. The van der Waals surface area contributed by atoms with Gasteiger partial charge in [0.25, 0.3) is 5.88 Å². The van der Waals surface area contributed by atoms with E-state index >= 15 is 0 Å². The maximum absolute atomic E-state index is 14.1. The van der Waals surface area contributed by atoms with E-state index in [1.807, 2.05) is 97.1 Å². The molecule has 5 aromatic carbocycles. The zero-order chi connectivity index (χ0) is 42.3. The van der Waals surface area contributed by atoms with Gasteiger partial charge in [-0.3, -0.25) is 19.5 Å². The first-order valence-corrected chi connectivity index (χ1v) is 19.6. The second-order valence-corrected chi connectivity index (χ2v) is 14.2. The molecule has 3 heterocycles. The maximum atomic E-state index is 14.1. The summed E-state index contributed by atoms with van der Waals surface area (Å²) in [4.78, 5) is 54.1. The largest absolute Gasteiger partial charge is 0.497 e. The number of nitrogens with zero attached hydrogens (tertiary/aromatic N) is 5. The Bertz CT molecular complexity index is 2530. The number of nitrogens with one attached hydrogen (secondary N) is 1. The van der Waals surface area contributed by atoms with E-state index in [1.165, 1.54) is 25.1 Å². The van der Waals surface area contributed by atoms with Crippen LogP contribution in [0.25, 0.3) is 11.2 Å². The molecule has 1 aliphatic rings. The quantitative estimate of drug-likeness (QED) is 0.0884. The molecule has 308 valence electrons. The molecule has 61 heavy (non-hydrogen) atoms. The highest BCUT2D eigenvalue weighted by molar-refractivity contribution is 5.98. The van der Waals surface area contributed by atoms with Gasteiger partial charge in [-0.1, -0.05) is 109 Å². The average Bonchev–Trinajstić information content (AvgIpc) is 3.88. The van der Waals surface area contributed by atoms with Gasteiger partial charge in [0.2, 0.25) is 11.9 Å². The molecule has 1 fully saturated rings. The van der Waals surface area contributed by atoms with Gasteiger partial charge in [-0.15, -0.1) is 0 Å². The van der Waals surface area contributed by atoms with Crippen LogP contribution in [-0.4, -0.2) is 63.9 Å². The van der Waals surface area contributed by atoms with Gasteiger partial charge in [0.15, 0.2) is 23.5 Å². The van der Waals surface area contributed by atoms with Crippen LogP contribution in [0, 0.1) is 5.92 Å². The van der Waals surface area contributed by atoms with Crippen LogP contribution >= 0.6 is 0 Å². The molecule has 0 aliphatic carbocycles. The van der Waals surface area contributed by atoms with Crippen LogP contribution in [0.1, 0.15) is 36.8 Å². The molecule has 0 bridgehead atoms. The molecule has 14 nitrogen and oxygen atoms in total. The Hall–Kier alpha value is -7.42. The van der Waals surface area contributed by atoms with Crippen molar-refractivity contribution in [1.82, 2.24) is 19.5 Å². The first-order chi connectivity index (χ1) is 29.7. The van der Waals surface area contributed by atoms with E-state index in [-0.39, 0.29) is 36.2 Å². The van der Waals surface area contributed by atoms with Crippen molar-refractivity contribution in [3.8, 4) is 11.6 Å². The molecular weight excluding hydrogens is 777 g/mol. The fraction of sp³-hybridized carbons (Fsp3) is 0.191. The molecule has 8 rings (SSSR count). The number of hydrogen-bond donors (Lipinski definition) is 1. The maximum Gasteiger partial charge on any atom is 0.425 e. The molecular formula is C47H42N6O8. The summed E-state index contributed by atoms with van der Waals surface area (Å²) in [6.45, 7) is 2.84. The lowest BCUT2D eigenvalue weighted by molar-refractivity contribution is -0.155. The van der Waals surface area contributed by atoms with E-state index in [4.69, 9.17) is 23.7 Å². The Balaban J connectivity index is 1.15. The smallest absolute Gasteiger partial charge is 0.425 e. The van der Waals surface area contributed by atoms with E-state index in [1.54, 1.807) is 60.2 Å². The van der Waals surface area contributed by atoms with Gasteiger partial charge in [-0.05, 0) is 53.1 Å². The molecule has 0 spiro atoms. The summed E-state index contributed by atoms with van der Waals surface area (Å²) in [5.41, 5.74) is 2.86. The van der Waals surface area contributed by atoms with Crippen molar-refractivity contribution in [3.05, 3.63) is 169 Å². The van der Waals surface area contributed by atoms with Crippen molar-refractivity contribution >= 4 is 46.5 Å². The number of carbonyl (C=O) groups excluding carboxylic acids is 3. The van der Waals surface area contributed by atoms with Crippen LogP contribution in [0.5, 0.6) is 11.6 Å². The Morgan fingerprint density at radius 1 is 0.770 bits per heavy atom. The van der Waals surface area contributed by atoms with Crippen molar-refractivity contribution in [1.29, 1.82) is 0 Å². The number of anilines is 3. The lowest BCUT2D eigenvalue weighted by Crippen LogP contribution is -2.38. The number of para-hydroxylation sites is 2. The van der Waals surface area contributed by atoms with Crippen molar-refractivity contribution in [2.24, 2.45) is 5.92 Å². The van der Waals surface area contributed by atoms with E-state index in [2.05, 4.69) is 20.3 Å². The second-order valence-electron chi connectivity index (χ2n) is 14.2. The number of rotatable bonds is 13. The van der Waals surface area contributed by atoms with E-state index in [9.17, 15) is 14.4 Å². The molecule has 3 atom stereocenters. The van der Waals surface area contributed by atoms with Crippen molar-refractivity contribution in [2.75, 3.05) is 30.5 Å². The molecule has 1 aliphatic heterocycles. The van der Waals surface area contributed by atoms with Crippen LogP contribution in [0.15, 0.2) is 152 Å². The number of benzene rings is 5. The van der Waals surface area contributed by atoms with Crippen molar-refractivity contribution in [2.45, 2.75) is 31.8 Å². The second kappa shape index (κ2) is 17.8. The molecule has 2 aromatic heterocycles. The highest BCUT2D eigenvalue weighted by atomic mass is 16.6. The Morgan fingerprint density at radius 2 is 1.33 bits per heavy atom. The lowest BCUT2D eigenvalue weighted by atomic mass is 9.80. The minimum Gasteiger partial charge on any atom is -0.497 e. The third kappa shape index (κ3) is 8.40. The fourth-order valence-electron chi connectivity index (χ4n) is 7.53. The predicted molar refractivity (Wildman–Crippen MR) is 226 cm³/mol. The number of methoxy groups -OCH3 is 1. The van der Waals surface area contributed by atoms with Crippen LogP contribution in [0.2, 0.25) is 0 Å². The minimum atomic E-state index is -1.10. The molecule has 2 amide bonds. The van der Waals surface area contributed by atoms with Crippen molar-refractivity contribution < 1.29 is 38.1 Å². The van der Waals surface area contributed by atoms with Crippen LogP contribution in [0.3, 0.4) is 0 Å². The van der Waals surface area contributed by atoms with Gasteiger partial charge >= 0.3 is 12.1 Å². The Kier molecular flexibility index (Phi) is 11.8. The number of ether oxygens (including phenoxy) is 5. The number of esters is 1. The number of carbonyl (C=O) groups is 3. The van der Waals surface area contributed by atoms with Crippen LogP contribution < -0.4 is 19.7 Å². The summed E-state index contributed by atoms with van der Waals surface area (Å²) in [5, 5.41) is 2.59. The van der Waals surface area contributed by atoms with Gasteiger partial charge in [0.05, 0.1) is 38.0 Å². The summed E-state index contributed by atoms with van der Waals surface area (Å²) < 4.78 is 32.7. The van der Waals surface area contributed by atoms with Crippen LogP contribution in [0.4, 0.5) is 22.1 Å². The molecule has 0 radical (unpaired) electrons. The minimum absolute atomic E-state index is 0.0840. The molecule has 14 heteroatoms. The summed E-state index contributed by atoms with van der Waals surface area (Å²) in [7, 11) is 1.62. The van der Waals surface area contributed by atoms with Gasteiger partial charge < -0.3 is 23.7 Å². The number of fused-ring (bicyclic) bond motifs is 1. The zero-order valence-electron chi connectivity index (χ0n) is 33.6. The van der Waals surface area contributed by atoms with Gasteiger partial charge in [0, 0.05) is 19.8 Å². The van der Waals surface area contributed by atoms with Gasteiger partial charge in [-0.25, -0.2) is 14.7 Å². The molecule has 1 N–H and O–H groups in total. The standard InChI is InChI=1S/C47H42N6O8/c1-31(54)49-45-50-42-40(43(51-45)61-46(56)53(37-20-12-6-13-21-37)38-22-14-7-15-23-38)48-30-52(42)44-41(60-32(2)55)33(28-58-44)29-59-47(34-16-8-4-9-17-34,35-18-10-5-11-19-35)36-24-26-39(57-3)27-25-36/h4-27,30,33,41,44H,28-29H2,1-3H3,(H,49,50,51,54)/t33-,41-,44-/m1/s1. The Labute approximate surface area is 351 Å². The highest BCUT2D eigenvalue weighted by Gasteiger charge is 2.45. The first-order valence-electron chi connectivity index (χ1n) is 19.6. The topological polar surface area (TPSA) is 156 Å². The normalized spacial score (nSPS) is 16.1. The lowest BCUT2D eigenvalue weighted by Gasteiger charge is -2.37. The van der Waals surface area contributed by atoms with E-state index < -0.39 is 41.8 Å². The molecule has 1 saturated heterocycles. The number of hydrogen-bond acceptors (Lipinski definition) is 11. The molecule has 7 aromatic rings. The predicted octanol–water partition coefficient (Wildman–Crippen LogP) is 8.22. The van der Waals surface area contributed by atoms with Gasteiger partial charge in [0.1, 0.15) is 11.4 Å². The SMILES string of the molecule is COc1ccc(C(OC[C@H]2CO[C@@H](n3cnc4c(OC(=O)N(c5ccccc5)c5ccccc5)nc(NC(C)=O)nc43)[C@@H]2OC(C)=O)(c2ccccc2)c2ccccc2)cc1. The first kappa shape index (κ1) is 40.4. The van der Waals surface area contributed by atoms with Gasteiger partial charge in [-0.2, -0.15) is 9.97 Å². The summed E-state index contributed by atoms with van der Waals surface area (Å²) in [5.74, 6) is -1.15. The fourth-order valence-corrected chi connectivity index (χ4v) is 7.53. The van der Waals surface area contributed by atoms with E-state index in [0.29, 0.717) is 17.1 Å².